The van der Waals surface area contributed by atoms with E-state index in [4.69, 9.17) is 32.2 Å². The molecule has 0 aromatic heterocycles. The lowest BCUT2D eigenvalue weighted by Gasteiger charge is -2.45. The first-order valence-corrected chi connectivity index (χ1v) is 10.4. The fourth-order valence-corrected chi connectivity index (χ4v) is 4.92. The molecule has 0 aromatic rings. The van der Waals surface area contributed by atoms with Crippen molar-refractivity contribution >= 4 is 8.80 Å². The summed E-state index contributed by atoms with van der Waals surface area (Å²) in [5.41, 5.74) is -1.25. The zero-order valence-electron chi connectivity index (χ0n) is 16.4. The Labute approximate surface area is 148 Å². The second-order valence-corrected chi connectivity index (χ2v) is 8.31. The predicted octanol–water partition coefficient (Wildman–Crippen LogP) is 2.74. The van der Waals surface area contributed by atoms with Gasteiger partial charge >= 0.3 is 8.80 Å². The van der Waals surface area contributed by atoms with Crippen LogP contribution in [-0.2, 0) is 32.2 Å². The molecule has 0 aromatic carbocycles. The molecular formula is C16H36O7Si. The topological polar surface area (TPSA) is 64.6 Å². The van der Waals surface area contributed by atoms with Crippen molar-refractivity contribution in [1.82, 2.24) is 0 Å². The average molecular weight is 369 g/mol. The summed E-state index contributed by atoms with van der Waals surface area (Å²) in [6.07, 6.45) is 2.09. The van der Waals surface area contributed by atoms with Gasteiger partial charge in [-0.3, -0.25) is 0 Å². The van der Waals surface area contributed by atoms with Crippen LogP contribution in [0, 0.1) is 0 Å². The van der Waals surface area contributed by atoms with Gasteiger partial charge in [0.1, 0.15) is 12.9 Å². The molecule has 0 fully saturated rings. The summed E-state index contributed by atoms with van der Waals surface area (Å²) in [6, 6.07) is 0. The first kappa shape index (κ1) is 23.9. The van der Waals surface area contributed by atoms with Crippen molar-refractivity contribution in [3.05, 3.63) is 0 Å². The maximum absolute atomic E-state index is 6.17. The van der Waals surface area contributed by atoms with Crippen LogP contribution in [-0.4, -0.2) is 68.3 Å². The molecule has 0 heterocycles. The Morgan fingerprint density at radius 1 is 0.833 bits per heavy atom. The van der Waals surface area contributed by atoms with E-state index in [2.05, 4.69) is 0 Å². The van der Waals surface area contributed by atoms with E-state index < -0.39 is 20.3 Å². The van der Waals surface area contributed by atoms with Gasteiger partial charge in [0, 0.05) is 41.2 Å². The molecule has 1 unspecified atom stereocenters. The summed E-state index contributed by atoms with van der Waals surface area (Å²) in [7, 11) is 1.20. The van der Waals surface area contributed by atoms with Crippen molar-refractivity contribution in [1.29, 1.82) is 0 Å². The monoisotopic (exact) mass is 368 g/mol. The molecule has 0 N–H and O–H groups in total. The Morgan fingerprint density at radius 2 is 1.33 bits per heavy atom. The highest BCUT2D eigenvalue weighted by Crippen LogP contribution is 2.34. The molecule has 7 nitrogen and oxygen atoms in total. The van der Waals surface area contributed by atoms with E-state index in [1.165, 1.54) is 14.2 Å². The predicted molar refractivity (Wildman–Crippen MR) is 93.7 cm³/mol. The fourth-order valence-electron chi connectivity index (χ4n) is 2.34. The smallest absolute Gasteiger partial charge is 0.374 e. The van der Waals surface area contributed by atoms with Crippen molar-refractivity contribution in [3.63, 3.8) is 0 Å². The summed E-state index contributed by atoms with van der Waals surface area (Å²) in [4.78, 5) is 0. The summed E-state index contributed by atoms with van der Waals surface area (Å²) in [5.74, 6) is 0. The maximum Gasteiger partial charge on any atom is 0.567 e. The quantitative estimate of drug-likeness (QED) is 0.306. The van der Waals surface area contributed by atoms with Gasteiger partial charge in [0.2, 0.25) is 0 Å². The number of ether oxygens (including phenoxy) is 4. The van der Waals surface area contributed by atoms with Gasteiger partial charge in [0.05, 0.1) is 0 Å². The Bertz CT molecular complexity index is 292. The van der Waals surface area contributed by atoms with Crippen molar-refractivity contribution in [2.45, 2.75) is 58.5 Å². The molecule has 1 atom stereocenters. The molecule has 0 aliphatic rings. The molecule has 0 amide bonds. The van der Waals surface area contributed by atoms with Gasteiger partial charge in [0.15, 0.2) is 0 Å². The molecule has 0 saturated heterocycles. The molecule has 0 rings (SSSR count). The van der Waals surface area contributed by atoms with E-state index in [1.54, 1.807) is 7.11 Å². The van der Waals surface area contributed by atoms with E-state index >= 15 is 0 Å². The molecule has 0 spiro atoms. The SMILES string of the molecule is CCCOC(C)C(OCCC)(OCCC)[Si](OC)(OC)OCOC. The minimum atomic E-state index is -3.43. The van der Waals surface area contributed by atoms with Crippen LogP contribution in [0.15, 0.2) is 0 Å². The molecule has 0 radical (unpaired) electrons. The van der Waals surface area contributed by atoms with E-state index in [0.717, 1.165) is 19.3 Å². The second-order valence-electron chi connectivity index (χ2n) is 5.39. The standard InChI is InChI=1S/C16H36O7Si/c1-8-11-20-15(4)16(21-12-9-2,22-13-10-3)24(18-6,19-7)23-14-17-5/h15H,8-14H2,1-7H3. The Balaban J connectivity index is 5.83. The molecule has 146 valence electrons. The fraction of sp³-hybridized carbons (Fsp3) is 1.00. The van der Waals surface area contributed by atoms with E-state index in [1.807, 2.05) is 27.7 Å². The zero-order chi connectivity index (χ0) is 18.5. The van der Waals surface area contributed by atoms with Crippen LogP contribution < -0.4 is 0 Å². The first-order valence-electron chi connectivity index (χ1n) is 8.66. The van der Waals surface area contributed by atoms with Gasteiger partial charge in [-0.05, 0) is 26.2 Å². The van der Waals surface area contributed by atoms with Gasteiger partial charge in [0.25, 0.3) is 5.41 Å². The minimum absolute atomic E-state index is 0.0150. The van der Waals surface area contributed by atoms with Gasteiger partial charge in [-0.15, -0.1) is 0 Å². The summed E-state index contributed by atoms with van der Waals surface area (Å²) in [6.45, 7) is 9.55. The zero-order valence-corrected chi connectivity index (χ0v) is 17.4. The van der Waals surface area contributed by atoms with Crippen LogP contribution in [0.4, 0.5) is 0 Å². The van der Waals surface area contributed by atoms with Crippen molar-refractivity contribution in [3.8, 4) is 0 Å². The molecule has 0 aliphatic heterocycles. The summed E-state index contributed by atoms with van der Waals surface area (Å²) in [5, 5.41) is 0. The lowest BCUT2D eigenvalue weighted by molar-refractivity contribution is -0.273. The van der Waals surface area contributed by atoms with Gasteiger partial charge in [-0.2, -0.15) is 0 Å². The lowest BCUT2D eigenvalue weighted by atomic mass is 10.3. The summed E-state index contributed by atoms with van der Waals surface area (Å²) >= 11 is 0. The second kappa shape index (κ2) is 13.2. The van der Waals surface area contributed by atoms with E-state index in [-0.39, 0.29) is 6.79 Å². The van der Waals surface area contributed by atoms with Crippen molar-refractivity contribution in [2.75, 3.05) is 47.9 Å². The van der Waals surface area contributed by atoms with E-state index in [0.29, 0.717) is 19.8 Å². The van der Waals surface area contributed by atoms with Crippen LogP contribution in [0.3, 0.4) is 0 Å². The van der Waals surface area contributed by atoms with Gasteiger partial charge < -0.3 is 32.2 Å². The number of rotatable bonds is 16. The Hall–Kier alpha value is -0.0631. The first-order chi connectivity index (χ1) is 11.5. The highest BCUT2D eigenvalue weighted by Gasteiger charge is 2.67. The third-order valence-electron chi connectivity index (χ3n) is 3.48. The maximum atomic E-state index is 6.17. The van der Waals surface area contributed by atoms with Gasteiger partial charge in [-0.25, -0.2) is 0 Å². The third kappa shape index (κ3) is 6.03. The largest absolute Gasteiger partial charge is 0.567 e. The van der Waals surface area contributed by atoms with Crippen LogP contribution >= 0.6 is 0 Å². The molecule has 0 bridgehead atoms. The lowest BCUT2D eigenvalue weighted by Crippen LogP contribution is -2.72. The summed E-state index contributed by atoms with van der Waals surface area (Å²) < 4.78 is 40.7. The number of hydrogen-bond acceptors (Lipinski definition) is 7. The highest BCUT2D eigenvalue weighted by atomic mass is 28.4. The number of methoxy groups -OCH3 is 1. The van der Waals surface area contributed by atoms with Crippen LogP contribution in [0.5, 0.6) is 0 Å². The van der Waals surface area contributed by atoms with Crippen molar-refractivity contribution < 1.29 is 32.2 Å². The molecule has 0 aliphatic carbocycles. The average Bonchev–Trinajstić information content (AvgIpc) is 2.62. The normalized spacial score (nSPS) is 14.1. The van der Waals surface area contributed by atoms with Crippen LogP contribution in [0.2, 0.25) is 0 Å². The third-order valence-corrected chi connectivity index (χ3v) is 6.60. The highest BCUT2D eigenvalue weighted by molar-refractivity contribution is 6.63. The molecular weight excluding hydrogens is 332 g/mol. The number of hydrogen-bond donors (Lipinski definition) is 0. The van der Waals surface area contributed by atoms with Crippen LogP contribution in [0.25, 0.3) is 0 Å². The van der Waals surface area contributed by atoms with Crippen molar-refractivity contribution in [2.24, 2.45) is 0 Å². The van der Waals surface area contributed by atoms with E-state index in [9.17, 15) is 0 Å². The Morgan fingerprint density at radius 3 is 1.71 bits per heavy atom. The molecule has 8 heteroatoms. The molecule has 24 heavy (non-hydrogen) atoms. The Kier molecular flexibility index (Phi) is 13.1. The molecule has 0 saturated carbocycles. The minimum Gasteiger partial charge on any atom is -0.374 e. The van der Waals surface area contributed by atoms with Crippen LogP contribution in [0.1, 0.15) is 47.0 Å². The van der Waals surface area contributed by atoms with Gasteiger partial charge in [-0.1, -0.05) is 20.8 Å².